The van der Waals surface area contributed by atoms with Gasteiger partial charge in [0, 0.05) is 35.4 Å². The van der Waals surface area contributed by atoms with Crippen LogP contribution >= 0.6 is 0 Å². The minimum Gasteiger partial charge on any atom is -0.399 e. The number of rotatable bonds is 4. The lowest BCUT2D eigenvalue weighted by atomic mass is 10.2. The van der Waals surface area contributed by atoms with Gasteiger partial charge in [-0.3, -0.25) is 4.57 Å². The van der Waals surface area contributed by atoms with E-state index in [0.29, 0.717) is 0 Å². The summed E-state index contributed by atoms with van der Waals surface area (Å²) < 4.78 is 1.95. The smallest absolute Gasteiger partial charge is 0.145 e. The van der Waals surface area contributed by atoms with Crippen LogP contribution in [-0.2, 0) is 6.42 Å². The molecular formula is C16H17N5. The van der Waals surface area contributed by atoms with Crippen molar-refractivity contribution in [2.45, 2.75) is 19.8 Å². The molecule has 2 aromatic heterocycles. The Morgan fingerprint density at radius 1 is 1.14 bits per heavy atom. The molecule has 3 rings (SSSR count). The zero-order chi connectivity index (χ0) is 14.7. The van der Waals surface area contributed by atoms with Crippen molar-refractivity contribution in [3.8, 4) is 17.2 Å². The van der Waals surface area contributed by atoms with Crippen LogP contribution in [0.2, 0.25) is 0 Å². The van der Waals surface area contributed by atoms with Crippen molar-refractivity contribution in [3.63, 3.8) is 0 Å². The molecule has 106 valence electrons. The van der Waals surface area contributed by atoms with Gasteiger partial charge < -0.3 is 5.73 Å². The Balaban J connectivity index is 2.05. The zero-order valence-electron chi connectivity index (χ0n) is 11.9. The van der Waals surface area contributed by atoms with Crippen LogP contribution in [-0.4, -0.2) is 19.5 Å². The number of hydrogen-bond acceptors (Lipinski definition) is 4. The van der Waals surface area contributed by atoms with E-state index >= 15 is 0 Å². The molecule has 5 heteroatoms. The molecule has 0 aliphatic rings. The molecule has 0 atom stereocenters. The first kappa shape index (κ1) is 13.3. The molecule has 0 bridgehead atoms. The molecule has 0 fully saturated rings. The van der Waals surface area contributed by atoms with Gasteiger partial charge in [0.15, 0.2) is 0 Å². The fourth-order valence-corrected chi connectivity index (χ4v) is 2.29. The molecule has 2 N–H and O–H groups in total. The maximum atomic E-state index is 5.85. The molecule has 0 saturated carbocycles. The lowest BCUT2D eigenvalue weighted by molar-refractivity contribution is 0.858. The van der Waals surface area contributed by atoms with Gasteiger partial charge >= 0.3 is 0 Å². The highest BCUT2D eigenvalue weighted by Gasteiger charge is 2.09. The Kier molecular flexibility index (Phi) is 3.64. The standard InChI is InChI=1S/C16H17N5/c1-2-4-14-10-15(20-11-19-14)21-8-7-18-16(21)12-5-3-6-13(17)9-12/h3,5-11H,2,4,17H2,1H3. The highest BCUT2D eigenvalue weighted by atomic mass is 15.1. The van der Waals surface area contributed by atoms with Gasteiger partial charge in [0.1, 0.15) is 18.0 Å². The van der Waals surface area contributed by atoms with E-state index in [9.17, 15) is 0 Å². The predicted octanol–water partition coefficient (Wildman–Crippen LogP) is 2.86. The maximum absolute atomic E-state index is 5.85. The first-order valence-corrected chi connectivity index (χ1v) is 6.98. The second-order valence-corrected chi connectivity index (χ2v) is 4.86. The van der Waals surface area contributed by atoms with E-state index in [1.54, 1.807) is 12.5 Å². The van der Waals surface area contributed by atoms with Crippen LogP contribution in [0.25, 0.3) is 17.2 Å². The van der Waals surface area contributed by atoms with Gasteiger partial charge in [-0.1, -0.05) is 25.5 Å². The number of nitrogen functional groups attached to an aromatic ring is 1. The average molecular weight is 279 g/mol. The van der Waals surface area contributed by atoms with Gasteiger partial charge in [0.05, 0.1) is 0 Å². The van der Waals surface area contributed by atoms with Crippen molar-refractivity contribution in [2.24, 2.45) is 0 Å². The molecule has 1 aromatic carbocycles. The minimum absolute atomic E-state index is 0.719. The van der Waals surface area contributed by atoms with Crippen molar-refractivity contribution in [1.82, 2.24) is 19.5 Å². The van der Waals surface area contributed by atoms with E-state index in [4.69, 9.17) is 5.73 Å². The van der Waals surface area contributed by atoms with Crippen LogP contribution in [0.5, 0.6) is 0 Å². The van der Waals surface area contributed by atoms with Crippen molar-refractivity contribution in [1.29, 1.82) is 0 Å². The number of anilines is 1. The summed E-state index contributed by atoms with van der Waals surface area (Å²) in [4.78, 5) is 13.1. The summed E-state index contributed by atoms with van der Waals surface area (Å²) in [6.07, 6.45) is 7.26. The van der Waals surface area contributed by atoms with Crippen LogP contribution in [0.4, 0.5) is 5.69 Å². The number of benzene rings is 1. The van der Waals surface area contributed by atoms with Crippen LogP contribution < -0.4 is 5.73 Å². The quantitative estimate of drug-likeness (QED) is 0.745. The molecule has 0 radical (unpaired) electrons. The lowest BCUT2D eigenvalue weighted by Crippen LogP contribution is -2.02. The molecule has 0 aliphatic heterocycles. The first-order valence-electron chi connectivity index (χ1n) is 6.98. The molecule has 5 nitrogen and oxygen atoms in total. The minimum atomic E-state index is 0.719. The summed E-state index contributed by atoms with van der Waals surface area (Å²) in [5.74, 6) is 1.65. The van der Waals surface area contributed by atoms with E-state index in [-0.39, 0.29) is 0 Å². The third kappa shape index (κ3) is 2.76. The summed E-state index contributed by atoms with van der Waals surface area (Å²) in [5, 5.41) is 0. The van der Waals surface area contributed by atoms with E-state index < -0.39 is 0 Å². The number of nitrogens with two attached hydrogens (primary N) is 1. The van der Waals surface area contributed by atoms with Crippen molar-refractivity contribution < 1.29 is 0 Å². The normalized spacial score (nSPS) is 10.7. The van der Waals surface area contributed by atoms with Crippen LogP contribution in [0.3, 0.4) is 0 Å². The Morgan fingerprint density at radius 3 is 2.86 bits per heavy atom. The van der Waals surface area contributed by atoms with Gasteiger partial charge in [0.2, 0.25) is 0 Å². The Morgan fingerprint density at radius 2 is 2.05 bits per heavy atom. The summed E-state index contributed by atoms with van der Waals surface area (Å²) in [5.41, 5.74) is 8.58. The van der Waals surface area contributed by atoms with Gasteiger partial charge in [-0.05, 0) is 18.6 Å². The molecule has 3 aromatic rings. The second kappa shape index (κ2) is 5.75. The van der Waals surface area contributed by atoms with Crippen molar-refractivity contribution in [2.75, 3.05) is 5.73 Å². The third-order valence-electron chi connectivity index (χ3n) is 3.25. The molecule has 0 saturated heterocycles. The van der Waals surface area contributed by atoms with Gasteiger partial charge in [-0.2, -0.15) is 0 Å². The Labute approximate surface area is 123 Å². The highest BCUT2D eigenvalue weighted by molar-refractivity contribution is 5.62. The van der Waals surface area contributed by atoms with Gasteiger partial charge in [-0.15, -0.1) is 0 Å². The Bertz CT molecular complexity index is 748. The maximum Gasteiger partial charge on any atom is 0.145 e. The van der Waals surface area contributed by atoms with E-state index in [1.165, 1.54) is 0 Å². The zero-order valence-corrected chi connectivity index (χ0v) is 11.9. The molecule has 0 amide bonds. The van der Waals surface area contributed by atoms with Crippen molar-refractivity contribution >= 4 is 5.69 Å². The second-order valence-electron chi connectivity index (χ2n) is 4.86. The SMILES string of the molecule is CCCc1cc(-n2ccnc2-c2cccc(N)c2)ncn1. The van der Waals surface area contributed by atoms with Crippen LogP contribution in [0.15, 0.2) is 49.1 Å². The summed E-state index contributed by atoms with van der Waals surface area (Å²) >= 11 is 0. The molecule has 0 spiro atoms. The highest BCUT2D eigenvalue weighted by Crippen LogP contribution is 2.22. The molecule has 2 heterocycles. The topological polar surface area (TPSA) is 69.6 Å². The number of aryl methyl sites for hydroxylation is 1. The number of imidazole rings is 1. The number of aromatic nitrogens is 4. The average Bonchev–Trinajstić information content (AvgIpc) is 2.97. The first-order chi connectivity index (χ1) is 10.3. The monoisotopic (exact) mass is 279 g/mol. The fourth-order valence-electron chi connectivity index (χ4n) is 2.29. The summed E-state index contributed by atoms with van der Waals surface area (Å²) in [6.45, 7) is 2.14. The van der Waals surface area contributed by atoms with Gasteiger partial charge in [0.25, 0.3) is 0 Å². The van der Waals surface area contributed by atoms with E-state index in [2.05, 4.69) is 21.9 Å². The summed E-state index contributed by atoms with van der Waals surface area (Å²) in [7, 11) is 0. The molecular weight excluding hydrogens is 262 g/mol. The summed E-state index contributed by atoms with van der Waals surface area (Å²) in [6, 6.07) is 9.68. The van der Waals surface area contributed by atoms with Crippen molar-refractivity contribution in [3.05, 3.63) is 54.7 Å². The van der Waals surface area contributed by atoms with E-state index in [0.717, 1.165) is 41.4 Å². The molecule has 0 unspecified atom stereocenters. The number of nitrogens with zero attached hydrogens (tertiary/aromatic N) is 4. The van der Waals surface area contributed by atoms with Crippen LogP contribution in [0.1, 0.15) is 19.0 Å². The lowest BCUT2D eigenvalue weighted by Gasteiger charge is -2.08. The third-order valence-corrected chi connectivity index (χ3v) is 3.25. The largest absolute Gasteiger partial charge is 0.399 e. The fraction of sp³-hybridized carbons (Fsp3) is 0.188. The molecule has 0 aliphatic carbocycles. The number of hydrogen-bond donors (Lipinski definition) is 1. The predicted molar refractivity (Wildman–Crippen MR) is 83.0 cm³/mol. The Hall–Kier alpha value is -2.69. The molecule has 21 heavy (non-hydrogen) atoms. The van der Waals surface area contributed by atoms with Gasteiger partial charge in [-0.25, -0.2) is 15.0 Å². The van der Waals surface area contributed by atoms with E-state index in [1.807, 2.05) is 41.1 Å². The van der Waals surface area contributed by atoms with Crippen LogP contribution in [0, 0.1) is 0 Å².